The molecular weight excluding hydrogens is 378 g/mol. The largest absolute Gasteiger partial charge is 0.506 e. The van der Waals surface area contributed by atoms with Crippen LogP contribution >= 0.6 is 11.6 Å². The van der Waals surface area contributed by atoms with Crippen molar-refractivity contribution in [3.63, 3.8) is 0 Å². The second kappa shape index (κ2) is 7.72. The van der Waals surface area contributed by atoms with Crippen LogP contribution in [0.15, 0.2) is 48.5 Å². The van der Waals surface area contributed by atoms with Gasteiger partial charge in [-0.2, -0.15) is 0 Å². The van der Waals surface area contributed by atoms with Crippen LogP contribution in [0.4, 0.5) is 11.4 Å². The molecule has 2 aliphatic rings. The van der Waals surface area contributed by atoms with Gasteiger partial charge in [-0.1, -0.05) is 23.7 Å². The van der Waals surface area contributed by atoms with Crippen LogP contribution in [0, 0.1) is 5.92 Å². The lowest BCUT2D eigenvalue weighted by Crippen LogP contribution is -2.50. The molecule has 0 aromatic heterocycles. The molecule has 1 N–H and O–H groups in total. The summed E-state index contributed by atoms with van der Waals surface area (Å²) in [7, 11) is 0. The van der Waals surface area contributed by atoms with E-state index in [2.05, 4.69) is 4.90 Å². The van der Waals surface area contributed by atoms with Crippen molar-refractivity contribution in [3.8, 4) is 5.75 Å². The van der Waals surface area contributed by atoms with E-state index < -0.39 is 0 Å². The van der Waals surface area contributed by atoms with Gasteiger partial charge in [0.05, 0.1) is 11.6 Å². The van der Waals surface area contributed by atoms with Crippen molar-refractivity contribution < 1.29 is 14.7 Å². The Labute approximate surface area is 168 Å². The summed E-state index contributed by atoms with van der Waals surface area (Å²) in [5.74, 6) is -0.0719. The molecule has 6 nitrogen and oxygen atoms in total. The van der Waals surface area contributed by atoms with Gasteiger partial charge in [-0.25, -0.2) is 0 Å². The number of nitrogens with zero attached hydrogens (tertiary/aromatic N) is 3. The maximum Gasteiger partial charge on any atom is 0.228 e. The van der Waals surface area contributed by atoms with E-state index in [1.165, 1.54) is 0 Å². The van der Waals surface area contributed by atoms with Crippen molar-refractivity contribution in [1.29, 1.82) is 0 Å². The van der Waals surface area contributed by atoms with E-state index in [-0.39, 0.29) is 29.9 Å². The molecule has 2 aliphatic heterocycles. The number of para-hydroxylation sites is 2. The monoisotopic (exact) mass is 399 g/mol. The van der Waals surface area contributed by atoms with Gasteiger partial charge in [-0.05, 0) is 36.4 Å². The number of piperazine rings is 1. The Balaban J connectivity index is 1.37. The number of phenols is 1. The van der Waals surface area contributed by atoms with E-state index >= 15 is 0 Å². The number of carbonyl (C=O) groups is 2. The summed E-state index contributed by atoms with van der Waals surface area (Å²) in [6, 6.07) is 14.3. The van der Waals surface area contributed by atoms with Crippen LogP contribution in [0.5, 0.6) is 5.75 Å². The van der Waals surface area contributed by atoms with Crippen LogP contribution in [-0.2, 0) is 9.59 Å². The normalized spacial score (nSPS) is 20.0. The zero-order chi connectivity index (χ0) is 19.7. The molecule has 0 spiro atoms. The minimum atomic E-state index is -0.320. The highest BCUT2D eigenvalue weighted by molar-refractivity contribution is 6.30. The zero-order valence-corrected chi connectivity index (χ0v) is 16.2. The molecule has 4 rings (SSSR count). The van der Waals surface area contributed by atoms with Crippen molar-refractivity contribution in [2.75, 3.05) is 42.5 Å². The average molecular weight is 400 g/mol. The number of halogens is 1. The first-order valence-electron chi connectivity index (χ1n) is 9.40. The Hall–Kier alpha value is -2.73. The average Bonchev–Trinajstić information content (AvgIpc) is 3.10. The van der Waals surface area contributed by atoms with Gasteiger partial charge in [0.2, 0.25) is 11.8 Å². The third-order valence-corrected chi connectivity index (χ3v) is 5.68. The van der Waals surface area contributed by atoms with Gasteiger partial charge in [-0.15, -0.1) is 0 Å². The van der Waals surface area contributed by atoms with E-state index in [9.17, 15) is 14.7 Å². The molecule has 0 aliphatic carbocycles. The molecule has 2 saturated heterocycles. The fraction of sp³-hybridized carbons (Fsp3) is 0.333. The smallest absolute Gasteiger partial charge is 0.228 e. The molecule has 2 aromatic carbocycles. The van der Waals surface area contributed by atoms with Gasteiger partial charge in [0.1, 0.15) is 5.75 Å². The van der Waals surface area contributed by atoms with E-state index in [0.29, 0.717) is 37.7 Å². The van der Waals surface area contributed by atoms with Crippen LogP contribution in [0.2, 0.25) is 5.02 Å². The molecule has 28 heavy (non-hydrogen) atoms. The first kappa shape index (κ1) is 18.6. The molecule has 0 saturated carbocycles. The number of benzene rings is 2. The predicted molar refractivity (Wildman–Crippen MR) is 109 cm³/mol. The third-order valence-electron chi connectivity index (χ3n) is 5.43. The topological polar surface area (TPSA) is 64.1 Å². The molecule has 2 fully saturated rings. The number of phenolic OH excluding ortho intramolecular Hbond substituents is 1. The van der Waals surface area contributed by atoms with Gasteiger partial charge in [0.25, 0.3) is 0 Å². The highest BCUT2D eigenvalue weighted by atomic mass is 35.5. The number of hydrogen-bond donors (Lipinski definition) is 1. The Bertz CT molecular complexity index is 879. The summed E-state index contributed by atoms with van der Waals surface area (Å²) in [4.78, 5) is 30.9. The molecule has 0 bridgehead atoms. The van der Waals surface area contributed by atoms with Crippen molar-refractivity contribution in [2.45, 2.75) is 6.42 Å². The number of rotatable bonds is 3. The minimum absolute atomic E-state index is 0.0294. The van der Waals surface area contributed by atoms with Crippen molar-refractivity contribution in [1.82, 2.24) is 4.90 Å². The molecule has 0 unspecified atom stereocenters. The highest BCUT2D eigenvalue weighted by Crippen LogP contribution is 2.29. The van der Waals surface area contributed by atoms with Gasteiger partial charge >= 0.3 is 0 Å². The van der Waals surface area contributed by atoms with Gasteiger partial charge < -0.3 is 19.8 Å². The molecule has 2 amide bonds. The number of amides is 2. The van der Waals surface area contributed by atoms with Gasteiger partial charge in [0.15, 0.2) is 0 Å². The number of carbonyl (C=O) groups excluding carboxylic acids is 2. The second-order valence-corrected chi connectivity index (χ2v) is 7.62. The van der Waals surface area contributed by atoms with Crippen molar-refractivity contribution in [2.24, 2.45) is 5.92 Å². The lowest BCUT2D eigenvalue weighted by molar-refractivity contribution is -0.136. The van der Waals surface area contributed by atoms with Crippen molar-refractivity contribution in [3.05, 3.63) is 53.6 Å². The lowest BCUT2D eigenvalue weighted by atomic mass is 10.1. The number of aromatic hydroxyl groups is 1. The lowest BCUT2D eigenvalue weighted by Gasteiger charge is -2.37. The number of anilines is 2. The maximum atomic E-state index is 12.9. The molecule has 146 valence electrons. The van der Waals surface area contributed by atoms with Crippen LogP contribution in [-0.4, -0.2) is 54.5 Å². The number of hydrogen-bond acceptors (Lipinski definition) is 4. The highest BCUT2D eigenvalue weighted by Gasteiger charge is 2.38. The third kappa shape index (κ3) is 3.64. The fourth-order valence-electron chi connectivity index (χ4n) is 3.90. The van der Waals surface area contributed by atoms with Crippen LogP contribution in [0.25, 0.3) is 0 Å². The summed E-state index contributed by atoms with van der Waals surface area (Å²) in [6.45, 7) is 2.88. The molecular formula is C21H22ClN3O3. The summed E-state index contributed by atoms with van der Waals surface area (Å²) in [6.07, 6.45) is 0.237. The van der Waals surface area contributed by atoms with E-state index in [1.54, 1.807) is 41.3 Å². The summed E-state index contributed by atoms with van der Waals surface area (Å²) in [5, 5.41) is 10.6. The summed E-state index contributed by atoms with van der Waals surface area (Å²) in [5.41, 5.74) is 1.56. The van der Waals surface area contributed by atoms with Crippen LogP contribution < -0.4 is 9.80 Å². The molecule has 7 heteroatoms. The molecule has 2 aromatic rings. The minimum Gasteiger partial charge on any atom is -0.506 e. The maximum absolute atomic E-state index is 12.9. The Morgan fingerprint density at radius 1 is 1.00 bits per heavy atom. The zero-order valence-electron chi connectivity index (χ0n) is 15.4. The Morgan fingerprint density at radius 2 is 1.68 bits per heavy atom. The van der Waals surface area contributed by atoms with Crippen LogP contribution in [0.1, 0.15) is 6.42 Å². The standard InChI is InChI=1S/C21H22ClN3O3/c22-16-5-7-17(8-6-16)25-14-15(13-20(25)27)21(28)24-11-9-23(10-12-24)18-3-1-2-4-19(18)26/h1-8,15,26H,9-14H2/t15-/m1/s1. The first-order valence-corrected chi connectivity index (χ1v) is 9.78. The Kier molecular flexibility index (Phi) is 5.13. The van der Waals surface area contributed by atoms with E-state index in [0.717, 1.165) is 11.4 Å². The SMILES string of the molecule is O=C([C@@H]1CC(=O)N(c2ccc(Cl)cc2)C1)N1CCN(c2ccccc2O)CC1. The fourth-order valence-corrected chi connectivity index (χ4v) is 4.03. The van der Waals surface area contributed by atoms with Crippen molar-refractivity contribution >= 4 is 34.8 Å². The summed E-state index contributed by atoms with van der Waals surface area (Å²) >= 11 is 5.92. The van der Waals surface area contributed by atoms with E-state index in [1.807, 2.05) is 17.0 Å². The molecule has 1 atom stereocenters. The first-order chi connectivity index (χ1) is 13.5. The quantitative estimate of drug-likeness (QED) is 0.862. The summed E-state index contributed by atoms with van der Waals surface area (Å²) < 4.78 is 0. The molecule has 0 radical (unpaired) electrons. The second-order valence-electron chi connectivity index (χ2n) is 7.18. The Morgan fingerprint density at radius 3 is 2.36 bits per heavy atom. The molecule has 2 heterocycles. The van der Waals surface area contributed by atoms with Gasteiger partial charge in [0, 0.05) is 49.9 Å². The van der Waals surface area contributed by atoms with E-state index in [4.69, 9.17) is 11.6 Å². The predicted octanol–water partition coefficient (Wildman–Crippen LogP) is 2.75. The van der Waals surface area contributed by atoms with Crippen LogP contribution in [0.3, 0.4) is 0 Å². The van der Waals surface area contributed by atoms with Gasteiger partial charge in [-0.3, -0.25) is 9.59 Å².